The predicted molar refractivity (Wildman–Crippen MR) is 75.5 cm³/mol. The summed E-state index contributed by atoms with van der Waals surface area (Å²) in [6.07, 6.45) is 7.49. The largest absolute Gasteiger partial charge is 0.371 e. The van der Waals surface area contributed by atoms with E-state index in [0.717, 1.165) is 19.4 Å². The molecule has 1 aromatic rings. The molecule has 0 radical (unpaired) electrons. The van der Waals surface area contributed by atoms with Crippen LogP contribution in [0.15, 0.2) is 35.9 Å². The van der Waals surface area contributed by atoms with E-state index in [9.17, 15) is 0 Å². The van der Waals surface area contributed by atoms with Crippen LogP contribution < -0.4 is 5.48 Å². The van der Waals surface area contributed by atoms with E-state index in [1.54, 1.807) is 0 Å². The van der Waals surface area contributed by atoms with Gasteiger partial charge in [0.2, 0.25) is 0 Å². The number of epoxide rings is 1. The normalized spacial score (nSPS) is 28.5. The van der Waals surface area contributed by atoms with Gasteiger partial charge in [-0.25, -0.2) is 0 Å². The lowest BCUT2D eigenvalue weighted by molar-refractivity contribution is 0.0104. The maximum Gasteiger partial charge on any atom is 0.106 e. The molecule has 2 fully saturated rings. The molecule has 1 aliphatic heterocycles. The van der Waals surface area contributed by atoms with Crippen molar-refractivity contribution in [3.05, 3.63) is 41.5 Å². The third kappa shape index (κ3) is 3.90. The fraction of sp³-hybridized carbons (Fsp3) is 0.500. The van der Waals surface area contributed by atoms with Crippen LogP contribution in [0.5, 0.6) is 0 Å². The Morgan fingerprint density at radius 3 is 2.89 bits per heavy atom. The summed E-state index contributed by atoms with van der Waals surface area (Å²) in [5.74, 6) is 0. The van der Waals surface area contributed by atoms with Crippen molar-refractivity contribution in [1.82, 2.24) is 5.48 Å². The Kier molecular flexibility index (Phi) is 4.28. The van der Waals surface area contributed by atoms with Gasteiger partial charge in [-0.3, -0.25) is 4.84 Å². The maximum absolute atomic E-state index is 5.55. The number of benzene rings is 1. The van der Waals surface area contributed by atoms with Crippen molar-refractivity contribution in [2.24, 2.45) is 0 Å². The molecule has 0 bridgehead atoms. The van der Waals surface area contributed by atoms with Crippen molar-refractivity contribution in [3.8, 4) is 0 Å². The van der Waals surface area contributed by atoms with Crippen LogP contribution in [0.1, 0.15) is 31.2 Å². The van der Waals surface area contributed by atoms with Gasteiger partial charge < -0.3 is 4.74 Å². The lowest BCUT2D eigenvalue weighted by atomic mass is 9.89. The van der Waals surface area contributed by atoms with E-state index >= 15 is 0 Å². The molecule has 102 valence electrons. The highest BCUT2D eigenvalue weighted by atomic mass is 16.7. The lowest BCUT2D eigenvalue weighted by Gasteiger charge is -2.26. The molecule has 2 unspecified atom stereocenters. The number of ether oxygens (including phenoxy) is 1. The first-order valence-corrected chi connectivity index (χ1v) is 7.16. The van der Waals surface area contributed by atoms with Gasteiger partial charge in [0.15, 0.2) is 0 Å². The smallest absolute Gasteiger partial charge is 0.106 e. The molecule has 2 atom stereocenters. The van der Waals surface area contributed by atoms with Crippen molar-refractivity contribution in [2.45, 2.75) is 37.8 Å². The predicted octanol–water partition coefficient (Wildman–Crippen LogP) is 2.93. The Balaban J connectivity index is 1.60. The summed E-state index contributed by atoms with van der Waals surface area (Å²) in [5.41, 5.74) is 5.94. The van der Waals surface area contributed by atoms with Gasteiger partial charge in [-0.15, -0.1) is 0 Å². The SMILES string of the molecule is C(=C1CCCCC1NOCC1CO1)c1ccccc1. The second-order valence-electron chi connectivity index (χ2n) is 5.31. The van der Waals surface area contributed by atoms with Gasteiger partial charge in [-0.1, -0.05) is 48.4 Å². The number of nitrogens with one attached hydrogen (secondary N) is 1. The highest BCUT2D eigenvalue weighted by molar-refractivity contribution is 5.54. The Morgan fingerprint density at radius 2 is 2.11 bits per heavy atom. The summed E-state index contributed by atoms with van der Waals surface area (Å²) in [6.45, 7) is 1.51. The molecule has 0 spiro atoms. The van der Waals surface area contributed by atoms with Crippen molar-refractivity contribution >= 4 is 6.08 Å². The fourth-order valence-electron chi connectivity index (χ4n) is 2.51. The second kappa shape index (κ2) is 6.33. The molecule has 3 nitrogen and oxygen atoms in total. The van der Waals surface area contributed by atoms with Crippen LogP contribution in [0.2, 0.25) is 0 Å². The monoisotopic (exact) mass is 259 g/mol. The van der Waals surface area contributed by atoms with E-state index in [1.807, 2.05) is 0 Å². The average molecular weight is 259 g/mol. The van der Waals surface area contributed by atoms with E-state index < -0.39 is 0 Å². The molecule has 0 aromatic heterocycles. The molecule has 2 aliphatic rings. The first-order valence-electron chi connectivity index (χ1n) is 7.16. The van der Waals surface area contributed by atoms with Gasteiger partial charge >= 0.3 is 0 Å². The summed E-state index contributed by atoms with van der Waals surface area (Å²) in [5, 5.41) is 0. The summed E-state index contributed by atoms with van der Waals surface area (Å²) in [4.78, 5) is 5.55. The fourth-order valence-corrected chi connectivity index (χ4v) is 2.51. The van der Waals surface area contributed by atoms with Crippen molar-refractivity contribution in [3.63, 3.8) is 0 Å². The first kappa shape index (κ1) is 12.9. The molecule has 3 heteroatoms. The third-order valence-electron chi connectivity index (χ3n) is 3.70. The van der Waals surface area contributed by atoms with Gasteiger partial charge in [0.1, 0.15) is 6.10 Å². The van der Waals surface area contributed by atoms with Crippen molar-refractivity contribution in [2.75, 3.05) is 13.2 Å². The van der Waals surface area contributed by atoms with Crippen LogP contribution in [0.3, 0.4) is 0 Å². The topological polar surface area (TPSA) is 33.8 Å². The van der Waals surface area contributed by atoms with Gasteiger partial charge in [-0.2, -0.15) is 5.48 Å². The lowest BCUT2D eigenvalue weighted by Crippen LogP contribution is -2.34. The van der Waals surface area contributed by atoms with Gasteiger partial charge in [0, 0.05) is 0 Å². The summed E-state index contributed by atoms with van der Waals surface area (Å²) >= 11 is 0. The molecule has 1 aliphatic carbocycles. The van der Waals surface area contributed by atoms with Gasteiger partial charge in [-0.05, 0) is 24.8 Å². The van der Waals surface area contributed by atoms with E-state index in [-0.39, 0.29) is 0 Å². The zero-order valence-corrected chi connectivity index (χ0v) is 11.2. The molecule has 1 saturated carbocycles. The van der Waals surface area contributed by atoms with E-state index in [4.69, 9.17) is 9.57 Å². The quantitative estimate of drug-likeness (QED) is 0.652. The Hall–Kier alpha value is -1.16. The minimum atomic E-state index is 0.317. The summed E-state index contributed by atoms with van der Waals surface area (Å²) < 4.78 is 5.14. The highest BCUT2D eigenvalue weighted by Crippen LogP contribution is 2.26. The van der Waals surface area contributed by atoms with Crippen LogP contribution >= 0.6 is 0 Å². The van der Waals surface area contributed by atoms with Crippen LogP contribution in [-0.2, 0) is 9.57 Å². The molecular formula is C16H21NO2. The number of hydrogen-bond donors (Lipinski definition) is 1. The zero-order valence-electron chi connectivity index (χ0n) is 11.2. The zero-order chi connectivity index (χ0) is 12.9. The Labute approximate surface area is 114 Å². The molecule has 1 aromatic carbocycles. The second-order valence-corrected chi connectivity index (χ2v) is 5.31. The molecule has 0 amide bonds. The van der Waals surface area contributed by atoms with E-state index in [2.05, 4.69) is 41.9 Å². The van der Waals surface area contributed by atoms with Crippen LogP contribution in [0, 0.1) is 0 Å². The molecule has 1 N–H and O–H groups in total. The van der Waals surface area contributed by atoms with Crippen molar-refractivity contribution < 1.29 is 9.57 Å². The Morgan fingerprint density at radius 1 is 1.26 bits per heavy atom. The molecule has 3 rings (SSSR count). The minimum absolute atomic E-state index is 0.317. The number of hydrogen-bond acceptors (Lipinski definition) is 3. The molecular weight excluding hydrogens is 238 g/mol. The van der Waals surface area contributed by atoms with E-state index in [0.29, 0.717) is 18.8 Å². The Bertz CT molecular complexity index is 426. The third-order valence-corrected chi connectivity index (χ3v) is 3.70. The number of hydroxylamine groups is 1. The molecule has 1 heterocycles. The molecule has 19 heavy (non-hydrogen) atoms. The molecule has 1 saturated heterocycles. The average Bonchev–Trinajstić information content (AvgIpc) is 3.26. The highest BCUT2D eigenvalue weighted by Gasteiger charge is 2.24. The number of rotatable bonds is 5. The standard InChI is InChI=1S/C16H21NO2/c1-2-6-13(7-3-1)10-14-8-4-5-9-16(14)17-19-12-15-11-18-15/h1-3,6-7,10,15-17H,4-5,8-9,11-12H2. The van der Waals surface area contributed by atoms with Gasteiger partial charge in [0.05, 0.1) is 19.3 Å². The van der Waals surface area contributed by atoms with Crippen LogP contribution in [0.25, 0.3) is 6.08 Å². The van der Waals surface area contributed by atoms with Crippen LogP contribution in [0.4, 0.5) is 0 Å². The van der Waals surface area contributed by atoms with Crippen LogP contribution in [-0.4, -0.2) is 25.4 Å². The van der Waals surface area contributed by atoms with Gasteiger partial charge in [0.25, 0.3) is 0 Å². The maximum atomic E-state index is 5.55. The van der Waals surface area contributed by atoms with E-state index in [1.165, 1.54) is 24.0 Å². The minimum Gasteiger partial charge on any atom is -0.371 e. The summed E-state index contributed by atoms with van der Waals surface area (Å²) in [7, 11) is 0. The van der Waals surface area contributed by atoms with Crippen molar-refractivity contribution in [1.29, 1.82) is 0 Å². The first-order chi connectivity index (χ1) is 9.42. The summed E-state index contributed by atoms with van der Waals surface area (Å²) in [6, 6.07) is 10.9.